The van der Waals surface area contributed by atoms with Crippen molar-refractivity contribution in [2.45, 2.75) is 6.92 Å². The van der Waals surface area contributed by atoms with Gasteiger partial charge in [0.15, 0.2) is 0 Å². The molecule has 0 bridgehead atoms. The molecule has 0 atom stereocenters. The maximum Gasteiger partial charge on any atom is 0.239 e. The standard InChI is InChI=1S/C13H19BrN2O4S/c1-10-8-11(4-5-12(10)14)15-13(17)9-16(6-7-20-2)21(3,18)19/h4-5,8H,6-7,9H2,1-3H3,(H,15,17). The van der Waals surface area contributed by atoms with E-state index in [0.717, 1.165) is 20.6 Å². The molecule has 0 aliphatic heterocycles. The molecule has 0 aliphatic rings. The van der Waals surface area contributed by atoms with E-state index in [9.17, 15) is 13.2 Å². The van der Waals surface area contributed by atoms with E-state index in [2.05, 4.69) is 21.2 Å². The van der Waals surface area contributed by atoms with Gasteiger partial charge < -0.3 is 10.1 Å². The molecule has 1 aromatic rings. The van der Waals surface area contributed by atoms with Gasteiger partial charge in [-0.2, -0.15) is 4.31 Å². The van der Waals surface area contributed by atoms with Gasteiger partial charge >= 0.3 is 0 Å². The molecule has 8 heteroatoms. The molecule has 1 aromatic carbocycles. The zero-order chi connectivity index (χ0) is 16.0. The molecule has 0 unspecified atom stereocenters. The maximum atomic E-state index is 12.0. The zero-order valence-corrected chi connectivity index (χ0v) is 14.6. The van der Waals surface area contributed by atoms with Crippen molar-refractivity contribution in [2.75, 3.05) is 38.4 Å². The van der Waals surface area contributed by atoms with Gasteiger partial charge in [-0.1, -0.05) is 15.9 Å². The SMILES string of the molecule is COCCN(CC(=O)Nc1ccc(Br)c(C)c1)S(C)(=O)=O. The summed E-state index contributed by atoms with van der Waals surface area (Å²) >= 11 is 3.38. The van der Waals surface area contributed by atoms with Crippen LogP contribution < -0.4 is 5.32 Å². The van der Waals surface area contributed by atoms with E-state index in [1.165, 1.54) is 7.11 Å². The van der Waals surface area contributed by atoms with Gasteiger partial charge in [0.25, 0.3) is 0 Å². The Balaban J connectivity index is 2.71. The van der Waals surface area contributed by atoms with Crippen LogP contribution in [0.25, 0.3) is 0 Å². The van der Waals surface area contributed by atoms with Crippen LogP contribution in [0.3, 0.4) is 0 Å². The van der Waals surface area contributed by atoms with E-state index in [-0.39, 0.29) is 19.7 Å². The molecule has 1 amide bonds. The summed E-state index contributed by atoms with van der Waals surface area (Å²) in [7, 11) is -1.98. The molecule has 0 spiro atoms. The first-order valence-corrected chi connectivity index (χ1v) is 8.88. The smallest absolute Gasteiger partial charge is 0.239 e. The third kappa shape index (κ3) is 6.13. The highest BCUT2D eigenvalue weighted by molar-refractivity contribution is 9.10. The van der Waals surface area contributed by atoms with Gasteiger partial charge in [-0.05, 0) is 30.7 Å². The minimum absolute atomic E-state index is 0.141. The van der Waals surface area contributed by atoms with E-state index >= 15 is 0 Å². The minimum atomic E-state index is -3.45. The second-order valence-electron chi connectivity index (χ2n) is 4.60. The number of hydrogen-bond acceptors (Lipinski definition) is 4. The van der Waals surface area contributed by atoms with Crippen molar-refractivity contribution in [1.29, 1.82) is 0 Å². The molecule has 6 nitrogen and oxygen atoms in total. The van der Waals surface area contributed by atoms with E-state index in [1.54, 1.807) is 6.07 Å². The Morgan fingerprint density at radius 1 is 1.43 bits per heavy atom. The average Bonchev–Trinajstić information content (AvgIpc) is 2.37. The third-order valence-electron chi connectivity index (χ3n) is 2.78. The lowest BCUT2D eigenvalue weighted by Crippen LogP contribution is -2.39. The second-order valence-corrected chi connectivity index (χ2v) is 7.44. The fraction of sp³-hybridized carbons (Fsp3) is 0.462. The maximum absolute atomic E-state index is 12.0. The Morgan fingerprint density at radius 2 is 2.10 bits per heavy atom. The second kappa shape index (κ2) is 7.88. The van der Waals surface area contributed by atoms with Gasteiger partial charge in [-0.25, -0.2) is 8.42 Å². The summed E-state index contributed by atoms with van der Waals surface area (Å²) in [5.41, 5.74) is 1.60. The summed E-state index contributed by atoms with van der Waals surface area (Å²) in [4.78, 5) is 12.0. The Kier molecular flexibility index (Phi) is 6.79. The topological polar surface area (TPSA) is 75.7 Å². The first-order chi connectivity index (χ1) is 9.74. The number of ether oxygens (including phenoxy) is 1. The molecule has 21 heavy (non-hydrogen) atoms. The third-order valence-corrected chi connectivity index (χ3v) is 4.91. The van der Waals surface area contributed by atoms with Gasteiger partial charge in [0.05, 0.1) is 19.4 Å². The molecule has 0 aromatic heterocycles. The highest BCUT2D eigenvalue weighted by Crippen LogP contribution is 2.19. The number of methoxy groups -OCH3 is 1. The van der Waals surface area contributed by atoms with Gasteiger partial charge in [-0.15, -0.1) is 0 Å². The van der Waals surface area contributed by atoms with Crippen LogP contribution in [0.15, 0.2) is 22.7 Å². The molecule has 0 heterocycles. The Bertz CT molecular complexity index is 604. The van der Waals surface area contributed by atoms with E-state index in [4.69, 9.17) is 4.74 Å². The summed E-state index contributed by atoms with van der Waals surface area (Å²) in [6, 6.07) is 5.38. The normalized spacial score (nSPS) is 11.7. The van der Waals surface area contributed by atoms with Gasteiger partial charge in [0.1, 0.15) is 0 Å². The number of nitrogens with zero attached hydrogens (tertiary/aromatic N) is 1. The summed E-state index contributed by atoms with van der Waals surface area (Å²) in [6.45, 7) is 2.04. The number of carbonyl (C=O) groups is 1. The number of anilines is 1. The van der Waals surface area contributed by atoms with Crippen LogP contribution in [0, 0.1) is 6.92 Å². The van der Waals surface area contributed by atoms with Crippen LogP contribution in [0.2, 0.25) is 0 Å². The lowest BCUT2D eigenvalue weighted by Gasteiger charge is -2.19. The fourth-order valence-corrected chi connectivity index (χ4v) is 2.64. The molecule has 1 rings (SSSR count). The predicted molar refractivity (Wildman–Crippen MR) is 85.8 cm³/mol. The monoisotopic (exact) mass is 378 g/mol. The first-order valence-electron chi connectivity index (χ1n) is 6.24. The Labute approximate surface area is 133 Å². The number of hydrogen-bond donors (Lipinski definition) is 1. The molecular formula is C13H19BrN2O4S. The summed E-state index contributed by atoms with van der Waals surface area (Å²) in [5.74, 6) is -0.391. The molecule has 118 valence electrons. The van der Waals surface area contributed by atoms with Gasteiger partial charge in [0, 0.05) is 23.8 Å². The Morgan fingerprint density at radius 3 is 2.62 bits per heavy atom. The largest absolute Gasteiger partial charge is 0.383 e. The number of sulfonamides is 1. The van der Waals surface area contributed by atoms with Crippen molar-refractivity contribution in [3.63, 3.8) is 0 Å². The van der Waals surface area contributed by atoms with Gasteiger partial charge in [0.2, 0.25) is 15.9 Å². The first kappa shape index (κ1) is 18.1. The number of benzene rings is 1. The molecule has 0 saturated carbocycles. The van der Waals surface area contributed by atoms with Crippen molar-refractivity contribution in [2.24, 2.45) is 0 Å². The van der Waals surface area contributed by atoms with E-state index < -0.39 is 15.9 Å². The van der Waals surface area contributed by atoms with E-state index in [1.807, 2.05) is 19.1 Å². The Hall–Kier alpha value is -0.960. The molecule has 0 radical (unpaired) electrons. The van der Waals surface area contributed by atoms with Crippen molar-refractivity contribution >= 4 is 37.5 Å². The number of aryl methyl sites for hydroxylation is 1. The highest BCUT2D eigenvalue weighted by atomic mass is 79.9. The molecule has 0 fully saturated rings. The van der Waals surface area contributed by atoms with Crippen LogP contribution in [0.1, 0.15) is 5.56 Å². The lowest BCUT2D eigenvalue weighted by molar-refractivity contribution is -0.116. The van der Waals surface area contributed by atoms with Crippen LogP contribution in [-0.2, 0) is 19.6 Å². The zero-order valence-electron chi connectivity index (χ0n) is 12.2. The molecular weight excluding hydrogens is 360 g/mol. The number of nitrogens with one attached hydrogen (secondary N) is 1. The van der Waals surface area contributed by atoms with Crippen LogP contribution in [-0.4, -0.2) is 51.7 Å². The molecule has 0 saturated heterocycles. The van der Waals surface area contributed by atoms with Crippen LogP contribution in [0.4, 0.5) is 5.69 Å². The van der Waals surface area contributed by atoms with E-state index in [0.29, 0.717) is 5.69 Å². The van der Waals surface area contributed by atoms with Crippen LogP contribution >= 0.6 is 15.9 Å². The average molecular weight is 379 g/mol. The number of halogens is 1. The van der Waals surface area contributed by atoms with Crippen molar-refractivity contribution in [3.05, 3.63) is 28.2 Å². The summed E-state index contributed by atoms with van der Waals surface area (Å²) in [5, 5.41) is 2.68. The van der Waals surface area contributed by atoms with Crippen molar-refractivity contribution in [3.8, 4) is 0 Å². The highest BCUT2D eigenvalue weighted by Gasteiger charge is 2.19. The van der Waals surface area contributed by atoms with Crippen molar-refractivity contribution in [1.82, 2.24) is 4.31 Å². The summed E-state index contributed by atoms with van der Waals surface area (Å²) in [6.07, 6.45) is 1.07. The van der Waals surface area contributed by atoms with Crippen molar-refractivity contribution < 1.29 is 17.9 Å². The summed E-state index contributed by atoms with van der Waals surface area (Å²) < 4.78 is 30.1. The number of carbonyl (C=O) groups excluding carboxylic acids is 1. The number of amides is 1. The molecule has 1 N–H and O–H groups in total. The fourth-order valence-electron chi connectivity index (χ4n) is 1.64. The lowest BCUT2D eigenvalue weighted by atomic mass is 10.2. The minimum Gasteiger partial charge on any atom is -0.383 e. The van der Waals surface area contributed by atoms with Gasteiger partial charge in [-0.3, -0.25) is 4.79 Å². The molecule has 0 aliphatic carbocycles. The number of rotatable bonds is 7. The quantitative estimate of drug-likeness (QED) is 0.781. The van der Waals surface area contributed by atoms with Crippen LogP contribution in [0.5, 0.6) is 0 Å². The predicted octanol–water partition coefficient (Wildman–Crippen LogP) is 1.60.